The molecular formula is C25H50O6. The highest BCUT2D eigenvalue weighted by Gasteiger charge is 2.02. The second kappa shape index (κ2) is 27.3. The number of carbonyl (C=O) groups is 1. The van der Waals surface area contributed by atoms with Gasteiger partial charge in [0.05, 0.1) is 46.2 Å². The predicted molar refractivity (Wildman–Crippen MR) is 126 cm³/mol. The zero-order valence-corrected chi connectivity index (χ0v) is 20.5. The third kappa shape index (κ3) is 27.3. The monoisotopic (exact) mass is 446 g/mol. The highest BCUT2D eigenvalue weighted by atomic mass is 16.6. The van der Waals surface area contributed by atoms with Crippen LogP contribution in [-0.2, 0) is 28.5 Å². The van der Waals surface area contributed by atoms with Crippen molar-refractivity contribution in [1.29, 1.82) is 0 Å². The number of unbranched alkanes of at least 4 members (excludes halogenated alkanes) is 10. The van der Waals surface area contributed by atoms with Crippen LogP contribution in [0.25, 0.3) is 0 Å². The van der Waals surface area contributed by atoms with Gasteiger partial charge in [0.2, 0.25) is 0 Å². The van der Waals surface area contributed by atoms with Gasteiger partial charge >= 0.3 is 5.97 Å². The van der Waals surface area contributed by atoms with Crippen molar-refractivity contribution in [2.45, 2.75) is 97.3 Å². The van der Waals surface area contributed by atoms with Crippen LogP contribution in [0.3, 0.4) is 0 Å². The molecule has 0 bridgehead atoms. The van der Waals surface area contributed by atoms with Gasteiger partial charge in [0.1, 0.15) is 6.61 Å². The molecule has 6 nitrogen and oxygen atoms in total. The van der Waals surface area contributed by atoms with Gasteiger partial charge in [-0.2, -0.15) is 0 Å². The lowest BCUT2D eigenvalue weighted by Crippen LogP contribution is -2.14. The van der Waals surface area contributed by atoms with E-state index in [9.17, 15) is 4.79 Å². The van der Waals surface area contributed by atoms with Crippen LogP contribution in [0.2, 0.25) is 0 Å². The van der Waals surface area contributed by atoms with Crippen LogP contribution in [0, 0.1) is 0 Å². The van der Waals surface area contributed by atoms with Crippen LogP contribution in [-0.4, -0.2) is 65.4 Å². The van der Waals surface area contributed by atoms with Gasteiger partial charge in [0, 0.05) is 13.0 Å². The summed E-state index contributed by atoms with van der Waals surface area (Å²) in [5, 5.41) is 0. The van der Waals surface area contributed by atoms with Crippen LogP contribution in [0.5, 0.6) is 0 Å². The number of hydrogen-bond donors (Lipinski definition) is 0. The minimum absolute atomic E-state index is 0.130. The van der Waals surface area contributed by atoms with Crippen molar-refractivity contribution in [3.05, 3.63) is 0 Å². The van der Waals surface area contributed by atoms with Gasteiger partial charge in [-0.3, -0.25) is 4.79 Å². The summed E-state index contributed by atoms with van der Waals surface area (Å²) < 4.78 is 27.0. The first-order valence-electron chi connectivity index (χ1n) is 12.8. The highest BCUT2D eigenvalue weighted by Crippen LogP contribution is 2.08. The maximum absolute atomic E-state index is 11.5. The van der Waals surface area contributed by atoms with E-state index in [-0.39, 0.29) is 5.97 Å². The SMILES string of the molecule is CCCCCCCCCCOCCOCCOCCOCCOC(=O)CCCCCC. The normalized spacial score (nSPS) is 11.2. The predicted octanol–water partition coefficient (Wildman–Crippen LogP) is 5.71. The Bertz CT molecular complexity index is 351. The highest BCUT2D eigenvalue weighted by molar-refractivity contribution is 5.69. The van der Waals surface area contributed by atoms with Gasteiger partial charge in [-0.25, -0.2) is 0 Å². The smallest absolute Gasteiger partial charge is 0.305 e. The summed E-state index contributed by atoms with van der Waals surface area (Å²) in [6.07, 6.45) is 15.4. The fourth-order valence-corrected chi connectivity index (χ4v) is 3.08. The minimum atomic E-state index is -0.130. The zero-order chi connectivity index (χ0) is 22.7. The van der Waals surface area contributed by atoms with Crippen LogP contribution >= 0.6 is 0 Å². The lowest BCUT2D eigenvalue weighted by atomic mass is 10.1. The van der Waals surface area contributed by atoms with Crippen molar-refractivity contribution < 1.29 is 28.5 Å². The molecule has 0 aromatic rings. The Balaban J connectivity index is 3.07. The summed E-state index contributed by atoms with van der Waals surface area (Å²) in [4.78, 5) is 11.5. The van der Waals surface area contributed by atoms with E-state index < -0.39 is 0 Å². The van der Waals surface area contributed by atoms with Gasteiger partial charge in [-0.05, 0) is 12.8 Å². The summed E-state index contributed by atoms with van der Waals surface area (Å²) in [6.45, 7) is 9.36. The third-order valence-corrected chi connectivity index (χ3v) is 4.98. The molecule has 0 N–H and O–H groups in total. The molecule has 0 aliphatic heterocycles. The molecule has 0 radical (unpaired) electrons. The molecule has 0 fully saturated rings. The lowest BCUT2D eigenvalue weighted by Gasteiger charge is -2.08. The maximum Gasteiger partial charge on any atom is 0.305 e. The molecule has 0 aliphatic carbocycles. The first-order chi connectivity index (χ1) is 15.3. The quantitative estimate of drug-likeness (QED) is 0.125. The number of esters is 1. The van der Waals surface area contributed by atoms with E-state index in [4.69, 9.17) is 23.7 Å². The Morgan fingerprint density at radius 1 is 0.452 bits per heavy atom. The van der Waals surface area contributed by atoms with E-state index in [0.717, 1.165) is 25.9 Å². The molecule has 0 aliphatic rings. The van der Waals surface area contributed by atoms with Gasteiger partial charge in [0.25, 0.3) is 0 Å². The van der Waals surface area contributed by atoms with Crippen molar-refractivity contribution in [2.75, 3.05) is 59.5 Å². The molecule has 0 aromatic heterocycles. The summed E-state index contributed by atoms with van der Waals surface area (Å²) in [5.74, 6) is -0.130. The fourth-order valence-electron chi connectivity index (χ4n) is 3.08. The van der Waals surface area contributed by atoms with E-state index in [0.29, 0.717) is 59.3 Å². The van der Waals surface area contributed by atoms with Gasteiger partial charge in [-0.15, -0.1) is 0 Å². The Kier molecular flexibility index (Phi) is 26.7. The van der Waals surface area contributed by atoms with Crippen molar-refractivity contribution in [3.63, 3.8) is 0 Å². The second-order valence-electron chi connectivity index (χ2n) is 7.96. The Hall–Kier alpha value is -0.690. The van der Waals surface area contributed by atoms with Crippen molar-refractivity contribution in [1.82, 2.24) is 0 Å². The summed E-state index contributed by atoms with van der Waals surface area (Å²) >= 11 is 0. The molecule has 0 spiro atoms. The average molecular weight is 447 g/mol. The number of rotatable bonds is 26. The molecule has 6 heteroatoms. The largest absolute Gasteiger partial charge is 0.463 e. The first kappa shape index (κ1) is 30.3. The van der Waals surface area contributed by atoms with Crippen LogP contribution in [0.1, 0.15) is 97.3 Å². The van der Waals surface area contributed by atoms with Gasteiger partial charge < -0.3 is 23.7 Å². The number of carbonyl (C=O) groups excluding carboxylic acids is 1. The molecule has 31 heavy (non-hydrogen) atoms. The van der Waals surface area contributed by atoms with Crippen LogP contribution in [0.15, 0.2) is 0 Å². The topological polar surface area (TPSA) is 63.2 Å². The first-order valence-corrected chi connectivity index (χ1v) is 12.8. The van der Waals surface area contributed by atoms with Gasteiger partial charge in [-0.1, -0.05) is 78.1 Å². The molecule has 0 saturated heterocycles. The molecule has 0 amide bonds. The summed E-state index contributed by atoms with van der Waals surface area (Å²) in [6, 6.07) is 0. The van der Waals surface area contributed by atoms with Crippen molar-refractivity contribution in [3.8, 4) is 0 Å². The van der Waals surface area contributed by atoms with E-state index in [1.54, 1.807) is 0 Å². The van der Waals surface area contributed by atoms with Crippen LogP contribution in [0.4, 0.5) is 0 Å². The molecule has 0 aromatic carbocycles. The summed E-state index contributed by atoms with van der Waals surface area (Å²) in [7, 11) is 0. The third-order valence-electron chi connectivity index (χ3n) is 4.98. The second-order valence-corrected chi connectivity index (χ2v) is 7.96. The van der Waals surface area contributed by atoms with Crippen LogP contribution < -0.4 is 0 Å². The molecule has 0 atom stereocenters. The number of hydrogen-bond acceptors (Lipinski definition) is 6. The molecule has 0 heterocycles. The molecule has 0 rings (SSSR count). The van der Waals surface area contributed by atoms with E-state index in [1.165, 1.54) is 57.8 Å². The standard InChI is InChI=1S/C25H50O6/c1-3-5-7-9-10-11-12-14-16-27-17-18-28-19-20-29-21-22-30-23-24-31-25(26)15-13-8-6-4-2/h3-24H2,1-2H3. The Labute approximate surface area is 191 Å². The van der Waals surface area contributed by atoms with Crippen molar-refractivity contribution >= 4 is 5.97 Å². The van der Waals surface area contributed by atoms with E-state index >= 15 is 0 Å². The average Bonchev–Trinajstić information content (AvgIpc) is 2.77. The molecule has 186 valence electrons. The van der Waals surface area contributed by atoms with E-state index in [1.807, 2.05) is 0 Å². The minimum Gasteiger partial charge on any atom is -0.463 e. The van der Waals surface area contributed by atoms with Crippen molar-refractivity contribution in [2.24, 2.45) is 0 Å². The maximum atomic E-state index is 11.5. The lowest BCUT2D eigenvalue weighted by molar-refractivity contribution is -0.145. The Morgan fingerprint density at radius 3 is 1.35 bits per heavy atom. The molecule has 0 saturated carbocycles. The number of ether oxygens (including phenoxy) is 5. The summed E-state index contributed by atoms with van der Waals surface area (Å²) in [5.41, 5.74) is 0. The zero-order valence-electron chi connectivity index (χ0n) is 20.5. The van der Waals surface area contributed by atoms with E-state index in [2.05, 4.69) is 13.8 Å². The Morgan fingerprint density at radius 2 is 0.839 bits per heavy atom. The molecule has 0 unspecified atom stereocenters. The fraction of sp³-hybridized carbons (Fsp3) is 0.960. The van der Waals surface area contributed by atoms with Gasteiger partial charge in [0.15, 0.2) is 0 Å². The molecular weight excluding hydrogens is 396 g/mol.